The molecule has 0 amide bonds. The molecule has 0 aliphatic rings. The summed E-state index contributed by atoms with van der Waals surface area (Å²) in [4.78, 5) is 8.67. The Kier molecular flexibility index (Phi) is 10.5. The van der Waals surface area contributed by atoms with Crippen LogP contribution in [0.15, 0.2) is 82.0 Å². The van der Waals surface area contributed by atoms with Crippen molar-refractivity contribution in [1.82, 2.24) is 19.7 Å². The number of benzene rings is 1. The summed E-state index contributed by atoms with van der Waals surface area (Å²) < 4.78 is 54.5. The van der Waals surface area contributed by atoms with Crippen LogP contribution in [0.5, 0.6) is 17.4 Å². The normalized spacial score (nSPS) is 11.7. The molecule has 0 atom stereocenters. The van der Waals surface area contributed by atoms with E-state index in [-0.39, 0.29) is 26.4 Å². The number of furan rings is 1. The second-order valence-electron chi connectivity index (χ2n) is 9.70. The number of hydrogen-bond acceptors (Lipinski definition) is 11. The van der Waals surface area contributed by atoms with E-state index in [2.05, 4.69) is 15.1 Å². The lowest BCUT2D eigenvalue weighted by atomic mass is 10.2. The standard InChI is InChI=1S/C32H35N4O8P/c1-5-42-45(37,43-6-2)16-13-26-20-36(19-25-9-7-14-33-18-25)35-31(26)41-21-24-11-12-28(30(17-24)38-4)40-22-27-23(3)44-32(34-27)29-10-8-15-39-29/h7-18,20H,5-6,19,21-22H2,1-4H3. The first-order valence-electron chi connectivity index (χ1n) is 14.4. The maximum Gasteiger partial charge on any atom is 0.354 e. The van der Waals surface area contributed by atoms with Crippen molar-refractivity contribution in [3.63, 3.8) is 0 Å². The molecule has 12 nitrogen and oxygen atoms in total. The molecule has 0 saturated heterocycles. The molecule has 0 saturated carbocycles. The predicted molar refractivity (Wildman–Crippen MR) is 166 cm³/mol. The molecule has 0 aliphatic carbocycles. The second kappa shape index (κ2) is 14.9. The van der Waals surface area contributed by atoms with Crippen LogP contribution < -0.4 is 14.2 Å². The van der Waals surface area contributed by atoms with Crippen molar-refractivity contribution < 1.29 is 36.7 Å². The van der Waals surface area contributed by atoms with Crippen LogP contribution in [0.4, 0.5) is 0 Å². The Morgan fingerprint density at radius 1 is 1.00 bits per heavy atom. The number of aromatic nitrogens is 4. The molecule has 45 heavy (non-hydrogen) atoms. The van der Waals surface area contributed by atoms with Crippen LogP contribution in [-0.4, -0.2) is 40.1 Å². The van der Waals surface area contributed by atoms with E-state index in [1.54, 1.807) is 62.5 Å². The van der Waals surface area contributed by atoms with Crippen molar-refractivity contribution in [2.75, 3.05) is 20.3 Å². The summed E-state index contributed by atoms with van der Waals surface area (Å²) in [6.45, 7) is 6.68. The van der Waals surface area contributed by atoms with Gasteiger partial charge < -0.3 is 32.1 Å². The van der Waals surface area contributed by atoms with Crippen LogP contribution >= 0.6 is 7.60 Å². The highest BCUT2D eigenvalue weighted by atomic mass is 31.2. The molecule has 0 radical (unpaired) electrons. The van der Waals surface area contributed by atoms with Gasteiger partial charge >= 0.3 is 7.60 Å². The van der Waals surface area contributed by atoms with Gasteiger partial charge in [-0.05, 0) is 68.3 Å². The summed E-state index contributed by atoms with van der Waals surface area (Å²) in [6, 6.07) is 12.9. The molecule has 5 aromatic rings. The van der Waals surface area contributed by atoms with E-state index in [4.69, 9.17) is 32.1 Å². The number of methoxy groups -OCH3 is 1. The van der Waals surface area contributed by atoms with Crippen LogP contribution in [0.1, 0.15) is 42.0 Å². The second-order valence-corrected chi connectivity index (χ2v) is 11.6. The van der Waals surface area contributed by atoms with E-state index in [9.17, 15) is 4.57 Å². The van der Waals surface area contributed by atoms with Gasteiger partial charge in [-0.25, -0.2) is 4.98 Å². The molecule has 236 valence electrons. The minimum atomic E-state index is -3.43. The minimum absolute atomic E-state index is 0.180. The number of nitrogens with zero attached hydrogens (tertiary/aromatic N) is 4. The van der Waals surface area contributed by atoms with E-state index >= 15 is 0 Å². The van der Waals surface area contributed by atoms with Crippen LogP contribution in [-0.2, 0) is 33.4 Å². The lowest BCUT2D eigenvalue weighted by molar-refractivity contribution is 0.229. The fourth-order valence-electron chi connectivity index (χ4n) is 4.35. The van der Waals surface area contributed by atoms with Gasteiger partial charge in [0.05, 0.1) is 38.7 Å². The summed E-state index contributed by atoms with van der Waals surface area (Å²) in [5.41, 5.74) is 3.05. The monoisotopic (exact) mass is 634 g/mol. The largest absolute Gasteiger partial charge is 0.493 e. The van der Waals surface area contributed by atoms with E-state index < -0.39 is 7.60 Å². The summed E-state index contributed by atoms with van der Waals surface area (Å²) in [5.74, 6) is 4.42. The first-order valence-corrected chi connectivity index (χ1v) is 16.0. The molecule has 0 bridgehead atoms. The number of rotatable bonds is 16. The molecule has 4 heterocycles. The van der Waals surface area contributed by atoms with E-state index in [0.717, 1.165) is 11.1 Å². The zero-order valence-electron chi connectivity index (χ0n) is 25.5. The van der Waals surface area contributed by atoms with E-state index in [1.165, 1.54) is 5.82 Å². The van der Waals surface area contributed by atoms with Crippen molar-refractivity contribution in [3.05, 3.63) is 101 Å². The summed E-state index contributed by atoms with van der Waals surface area (Å²) >= 11 is 0. The Morgan fingerprint density at radius 2 is 1.84 bits per heavy atom. The topological polar surface area (TPSA) is 133 Å². The summed E-state index contributed by atoms with van der Waals surface area (Å²) in [6.07, 6.45) is 8.51. The maximum absolute atomic E-state index is 13.0. The van der Waals surface area contributed by atoms with Crippen LogP contribution in [0.3, 0.4) is 0 Å². The van der Waals surface area contributed by atoms with Gasteiger partial charge in [-0.2, -0.15) is 0 Å². The third kappa shape index (κ3) is 8.30. The molecule has 0 aliphatic heterocycles. The lowest BCUT2D eigenvalue weighted by Gasteiger charge is -2.13. The molecule has 13 heteroatoms. The average Bonchev–Trinajstić information content (AvgIpc) is 3.79. The number of aryl methyl sites for hydroxylation is 1. The molecule has 1 aromatic carbocycles. The zero-order valence-corrected chi connectivity index (χ0v) is 26.4. The van der Waals surface area contributed by atoms with Crippen LogP contribution in [0.2, 0.25) is 0 Å². The lowest BCUT2D eigenvalue weighted by Crippen LogP contribution is -2.03. The van der Waals surface area contributed by atoms with Gasteiger partial charge in [0.15, 0.2) is 17.3 Å². The third-order valence-corrected chi connectivity index (χ3v) is 8.22. The number of ether oxygens (including phenoxy) is 3. The molecule has 5 rings (SSSR count). The molecular weight excluding hydrogens is 599 g/mol. The van der Waals surface area contributed by atoms with E-state index in [1.807, 2.05) is 43.5 Å². The van der Waals surface area contributed by atoms with Crippen LogP contribution in [0.25, 0.3) is 17.7 Å². The third-order valence-electron chi connectivity index (χ3n) is 6.47. The maximum atomic E-state index is 13.0. The molecule has 0 spiro atoms. The SMILES string of the molecule is CCOP(=O)(C=Cc1cn(Cc2cccnc2)nc1OCc1ccc(OCc2nc(-c3ccco3)oc2C)c(OC)c1)OCC. The first kappa shape index (κ1) is 31.8. The van der Waals surface area contributed by atoms with Crippen molar-refractivity contribution in [2.45, 2.75) is 40.5 Å². The summed E-state index contributed by atoms with van der Waals surface area (Å²) in [7, 11) is -1.86. The predicted octanol–water partition coefficient (Wildman–Crippen LogP) is 7.29. The average molecular weight is 635 g/mol. The van der Waals surface area contributed by atoms with Crippen LogP contribution in [0, 0.1) is 6.92 Å². The summed E-state index contributed by atoms with van der Waals surface area (Å²) in [5, 5.41) is 4.63. The van der Waals surface area contributed by atoms with Gasteiger partial charge in [0.25, 0.3) is 5.89 Å². The molecule has 4 aromatic heterocycles. The number of hydrogen-bond donors (Lipinski definition) is 0. The Morgan fingerprint density at radius 3 is 2.56 bits per heavy atom. The van der Waals surface area contributed by atoms with Gasteiger partial charge in [0.2, 0.25) is 5.88 Å². The smallest absolute Gasteiger partial charge is 0.354 e. The van der Waals surface area contributed by atoms with Crippen molar-refractivity contribution >= 4 is 13.7 Å². The fraction of sp³-hybridized carbons (Fsp3) is 0.281. The fourth-order valence-corrected chi connectivity index (χ4v) is 5.66. The van der Waals surface area contributed by atoms with Gasteiger partial charge in [-0.1, -0.05) is 12.1 Å². The van der Waals surface area contributed by atoms with Gasteiger partial charge in [-0.3, -0.25) is 14.2 Å². The van der Waals surface area contributed by atoms with E-state index in [0.29, 0.717) is 52.6 Å². The Hall–Kier alpha value is -4.64. The number of oxazole rings is 1. The van der Waals surface area contributed by atoms with Crippen molar-refractivity contribution in [3.8, 4) is 29.0 Å². The van der Waals surface area contributed by atoms with Gasteiger partial charge in [0.1, 0.15) is 24.7 Å². The van der Waals surface area contributed by atoms with Gasteiger partial charge in [0, 0.05) is 24.4 Å². The Balaban J connectivity index is 1.30. The molecule has 0 unspecified atom stereocenters. The molecule has 0 fully saturated rings. The first-order chi connectivity index (χ1) is 21.9. The highest BCUT2D eigenvalue weighted by Crippen LogP contribution is 2.50. The Labute approximate surface area is 261 Å². The highest BCUT2D eigenvalue weighted by molar-refractivity contribution is 7.57. The number of pyridine rings is 1. The quantitative estimate of drug-likeness (QED) is 0.101. The highest BCUT2D eigenvalue weighted by Gasteiger charge is 2.20. The van der Waals surface area contributed by atoms with Gasteiger partial charge in [-0.15, -0.1) is 5.10 Å². The molecule has 0 N–H and O–H groups in total. The minimum Gasteiger partial charge on any atom is -0.493 e. The van der Waals surface area contributed by atoms with Crippen molar-refractivity contribution in [1.29, 1.82) is 0 Å². The zero-order chi connectivity index (χ0) is 31.6. The molecular formula is C32H35N4O8P. The van der Waals surface area contributed by atoms with Crippen molar-refractivity contribution in [2.24, 2.45) is 0 Å². The Bertz CT molecular complexity index is 1740.